The Bertz CT molecular complexity index is 308. The van der Waals surface area contributed by atoms with Gasteiger partial charge in [-0.1, -0.05) is 19.8 Å². The molecule has 4 rings (SSSR count). The van der Waals surface area contributed by atoms with Gasteiger partial charge >= 0.3 is 0 Å². The second-order valence-electron chi connectivity index (χ2n) is 8.15. The first-order chi connectivity index (χ1) is 8.22. The normalized spacial score (nSPS) is 51.7. The van der Waals surface area contributed by atoms with Gasteiger partial charge in [0.25, 0.3) is 0 Å². The molecule has 4 saturated carbocycles. The molecule has 0 bridgehead atoms. The molecule has 0 radical (unpaired) electrons. The Morgan fingerprint density at radius 3 is 2.29 bits per heavy atom. The molecule has 0 N–H and O–H groups in total. The zero-order chi connectivity index (χ0) is 11.5. The highest BCUT2D eigenvalue weighted by Crippen LogP contribution is 2.67. The smallest absolute Gasteiger partial charge is 0.0261 e. The van der Waals surface area contributed by atoms with E-state index in [0.29, 0.717) is 0 Å². The van der Waals surface area contributed by atoms with E-state index in [4.69, 9.17) is 0 Å². The molecule has 1 spiro atoms. The first-order valence-corrected chi connectivity index (χ1v) is 8.22. The summed E-state index contributed by atoms with van der Waals surface area (Å²) in [5, 5.41) is 0. The number of hydrogen-bond donors (Lipinski definition) is 0. The molecule has 3 unspecified atom stereocenters. The highest BCUT2D eigenvalue weighted by molar-refractivity contribution is 5.07. The van der Waals surface area contributed by atoms with E-state index in [2.05, 4.69) is 6.92 Å². The molecule has 0 aromatic carbocycles. The molecule has 17 heavy (non-hydrogen) atoms. The minimum atomic E-state index is 0.768. The highest BCUT2D eigenvalue weighted by atomic mass is 14.6. The number of hydrogen-bond acceptors (Lipinski definition) is 0. The Kier molecular flexibility index (Phi) is 2.25. The zero-order valence-electron chi connectivity index (χ0n) is 11.5. The zero-order valence-corrected chi connectivity index (χ0v) is 11.5. The van der Waals surface area contributed by atoms with Crippen LogP contribution in [0, 0.1) is 28.6 Å². The minimum absolute atomic E-state index is 0.768. The molecule has 0 nitrogen and oxygen atoms in total. The third-order valence-electron chi connectivity index (χ3n) is 7.53. The SMILES string of the molecule is C[C@]12CC3(CCCC3)CCC1CCC1CCC12. The molecule has 0 amide bonds. The summed E-state index contributed by atoms with van der Waals surface area (Å²) < 4.78 is 0. The van der Waals surface area contributed by atoms with Crippen LogP contribution in [0.25, 0.3) is 0 Å². The van der Waals surface area contributed by atoms with Crippen molar-refractivity contribution >= 4 is 0 Å². The molecule has 0 aromatic rings. The van der Waals surface area contributed by atoms with E-state index >= 15 is 0 Å². The van der Waals surface area contributed by atoms with E-state index in [0.717, 1.165) is 28.6 Å². The fourth-order valence-electron chi connectivity index (χ4n) is 6.51. The van der Waals surface area contributed by atoms with Crippen molar-refractivity contribution in [3.63, 3.8) is 0 Å². The van der Waals surface area contributed by atoms with Gasteiger partial charge in [0.15, 0.2) is 0 Å². The number of rotatable bonds is 0. The lowest BCUT2D eigenvalue weighted by Gasteiger charge is -2.62. The Labute approximate surface area is 107 Å². The lowest BCUT2D eigenvalue weighted by Crippen LogP contribution is -2.53. The molecule has 4 aliphatic rings. The average molecular weight is 232 g/mol. The van der Waals surface area contributed by atoms with Crippen molar-refractivity contribution in [2.75, 3.05) is 0 Å². The lowest BCUT2D eigenvalue weighted by molar-refractivity contribution is -0.120. The van der Waals surface area contributed by atoms with E-state index in [-0.39, 0.29) is 0 Å². The third kappa shape index (κ3) is 1.42. The van der Waals surface area contributed by atoms with Crippen LogP contribution >= 0.6 is 0 Å². The summed E-state index contributed by atoms with van der Waals surface area (Å²) in [6, 6.07) is 0. The predicted molar refractivity (Wildman–Crippen MR) is 71.8 cm³/mol. The van der Waals surface area contributed by atoms with Crippen molar-refractivity contribution in [2.45, 2.75) is 77.6 Å². The fourth-order valence-corrected chi connectivity index (χ4v) is 6.51. The average Bonchev–Trinajstić information content (AvgIpc) is 2.66. The van der Waals surface area contributed by atoms with Gasteiger partial charge in [0, 0.05) is 0 Å². The van der Waals surface area contributed by atoms with E-state index in [1.165, 1.54) is 12.8 Å². The summed E-state index contributed by atoms with van der Waals surface area (Å²) in [5.74, 6) is 3.39. The second kappa shape index (κ2) is 3.52. The summed E-state index contributed by atoms with van der Waals surface area (Å²) in [6.45, 7) is 2.70. The highest BCUT2D eigenvalue weighted by Gasteiger charge is 2.57. The summed E-state index contributed by atoms with van der Waals surface area (Å²) >= 11 is 0. The lowest BCUT2D eigenvalue weighted by atomic mass is 9.43. The van der Waals surface area contributed by atoms with Gasteiger partial charge in [0.1, 0.15) is 0 Å². The molecule has 96 valence electrons. The van der Waals surface area contributed by atoms with Gasteiger partial charge in [-0.05, 0) is 86.4 Å². The predicted octanol–water partition coefficient (Wildman–Crippen LogP) is 5.17. The topological polar surface area (TPSA) is 0 Å². The molecule has 0 saturated heterocycles. The van der Waals surface area contributed by atoms with Crippen LogP contribution in [0.1, 0.15) is 77.6 Å². The van der Waals surface area contributed by atoms with E-state index < -0.39 is 0 Å². The van der Waals surface area contributed by atoms with Crippen molar-refractivity contribution in [3.8, 4) is 0 Å². The maximum absolute atomic E-state index is 2.70. The van der Waals surface area contributed by atoms with Crippen LogP contribution in [-0.4, -0.2) is 0 Å². The largest absolute Gasteiger partial charge is 0.0591 e. The molecule has 0 heterocycles. The van der Waals surface area contributed by atoms with Crippen LogP contribution in [0.2, 0.25) is 0 Å². The van der Waals surface area contributed by atoms with Gasteiger partial charge in [0.2, 0.25) is 0 Å². The molecule has 0 aliphatic heterocycles. The Balaban J connectivity index is 1.62. The van der Waals surface area contributed by atoms with Crippen LogP contribution in [0.3, 0.4) is 0 Å². The summed E-state index contributed by atoms with van der Waals surface area (Å²) in [6.07, 6.45) is 17.3. The monoisotopic (exact) mass is 232 g/mol. The maximum Gasteiger partial charge on any atom is -0.0261 e. The summed E-state index contributed by atoms with van der Waals surface area (Å²) in [5.41, 5.74) is 1.59. The molecule has 0 heteroatoms. The molecule has 4 atom stereocenters. The molecular formula is C17H28. The van der Waals surface area contributed by atoms with Crippen LogP contribution in [0.4, 0.5) is 0 Å². The standard InChI is InChI=1S/C17H28/c1-16-12-17(9-2-3-10-17)11-8-14(16)6-4-13-5-7-15(13)16/h13-15H,2-12H2,1H3/t13?,14?,15?,16-/m0/s1. The van der Waals surface area contributed by atoms with Crippen LogP contribution < -0.4 is 0 Å². The van der Waals surface area contributed by atoms with Gasteiger partial charge < -0.3 is 0 Å². The van der Waals surface area contributed by atoms with Gasteiger partial charge in [-0.2, -0.15) is 0 Å². The molecule has 0 aromatic heterocycles. The Morgan fingerprint density at radius 2 is 1.59 bits per heavy atom. The van der Waals surface area contributed by atoms with E-state index in [1.807, 2.05) is 0 Å². The molecule has 4 aliphatic carbocycles. The van der Waals surface area contributed by atoms with Gasteiger partial charge in [0.05, 0.1) is 0 Å². The first-order valence-electron chi connectivity index (χ1n) is 8.22. The van der Waals surface area contributed by atoms with Crippen LogP contribution in [0.5, 0.6) is 0 Å². The van der Waals surface area contributed by atoms with Gasteiger partial charge in [-0.3, -0.25) is 0 Å². The second-order valence-corrected chi connectivity index (χ2v) is 8.15. The first kappa shape index (κ1) is 10.9. The Hall–Kier alpha value is 0. The molecular weight excluding hydrogens is 204 g/mol. The molecule has 4 fully saturated rings. The fraction of sp³-hybridized carbons (Fsp3) is 1.00. The van der Waals surface area contributed by atoms with Crippen molar-refractivity contribution in [3.05, 3.63) is 0 Å². The Morgan fingerprint density at radius 1 is 0.824 bits per heavy atom. The van der Waals surface area contributed by atoms with Crippen LogP contribution in [0.15, 0.2) is 0 Å². The number of fused-ring (bicyclic) bond motifs is 3. The van der Waals surface area contributed by atoms with E-state index in [9.17, 15) is 0 Å². The summed E-state index contributed by atoms with van der Waals surface area (Å²) in [7, 11) is 0. The minimum Gasteiger partial charge on any atom is -0.0591 e. The van der Waals surface area contributed by atoms with Crippen LogP contribution in [-0.2, 0) is 0 Å². The van der Waals surface area contributed by atoms with Gasteiger partial charge in [-0.15, -0.1) is 0 Å². The maximum atomic E-state index is 2.70. The third-order valence-corrected chi connectivity index (χ3v) is 7.53. The van der Waals surface area contributed by atoms with Crippen molar-refractivity contribution in [1.82, 2.24) is 0 Å². The van der Waals surface area contributed by atoms with Crippen molar-refractivity contribution < 1.29 is 0 Å². The quantitative estimate of drug-likeness (QED) is 0.540. The van der Waals surface area contributed by atoms with E-state index in [1.54, 1.807) is 57.8 Å². The van der Waals surface area contributed by atoms with Crippen molar-refractivity contribution in [2.24, 2.45) is 28.6 Å². The van der Waals surface area contributed by atoms with Crippen molar-refractivity contribution in [1.29, 1.82) is 0 Å². The van der Waals surface area contributed by atoms with Gasteiger partial charge in [-0.25, -0.2) is 0 Å². The summed E-state index contributed by atoms with van der Waals surface area (Å²) in [4.78, 5) is 0.